The van der Waals surface area contributed by atoms with E-state index in [1.165, 1.54) is 0 Å². The zero-order valence-electron chi connectivity index (χ0n) is 15.3. The van der Waals surface area contributed by atoms with Crippen LogP contribution in [0.1, 0.15) is 11.4 Å². The van der Waals surface area contributed by atoms with Gasteiger partial charge in [0, 0.05) is 31.5 Å². The summed E-state index contributed by atoms with van der Waals surface area (Å²) < 4.78 is 66.4. The fourth-order valence-electron chi connectivity index (χ4n) is 2.54. The van der Waals surface area contributed by atoms with Gasteiger partial charge in [0.15, 0.2) is 0 Å². The molecule has 2 heterocycles. The zero-order valence-corrected chi connectivity index (χ0v) is 16.1. The number of nitrogens with zero attached hydrogens (tertiary/aromatic N) is 3. The van der Waals surface area contributed by atoms with Gasteiger partial charge in [0.05, 0.1) is 10.5 Å². The average Bonchev–Trinajstić information content (AvgIpc) is 3.19. The fourth-order valence-corrected chi connectivity index (χ4v) is 3.58. The minimum Gasteiger partial charge on any atom is -0.369 e. The third kappa shape index (κ3) is 5.33. The van der Waals surface area contributed by atoms with Crippen molar-refractivity contribution in [2.45, 2.75) is 18.0 Å². The van der Waals surface area contributed by atoms with Gasteiger partial charge in [-0.05, 0) is 43.3 Å². The van der Waals surface area contributed by atoms with E-state index in [4.69, 9.17) is 0 Å². The van der Waals surface area contributed by atoms with Crippen molar-refractivity contribution in [2.24, 2.45) is 0 Å². The monoisotopic (exact) mass is 425 g/mol. The molecule has 0 aliphatic rings. The second-order valence-corrected chi connectivity index (χ2v) is 7.86. The molecule has 0 saturated carbocycles. The number of sulfonamides is 1. The van der Waals surface area contributed by atoms with Gasteiger partial charge in [-0.1, -0.05) is 0 Å². The van der Waals surface area contributed by atoms with E-state index in [2.05, 4.69) is 20.0 Å². The lowest BCUT2D eigenvalue weighted by Gasteiger charge is -2.11. The number of anilines is 1. The average molecular weight is 425 g/mol. The largest absolute Gasteiger partial charge is 0.416 e. The molecular weight excluding hydrogens is 407 g/mol. The Morgan fingerprint density at radius 3 is 2.31 bits per heavy atom. The number of halogens is 3. The van der Waals surface area contributed by atoms with Gasteiger partial charge in [-0.25, -0.2) is 23.1 Å². The Bertz CT molecular complexity index is 1070. The molecule has 11 heteroatoms. The van der Waals surface area contributed by atoms with Gasteiger partial charge in [0.2, 0.25) is 10.0 Å². The molecule has 1 aromatic carbocycles. The van der Waals surface area contributed by atoms with Crippen LogP contribution in [0, 0.1) is 6.92 Å². The van der Waals surface area contributed by atoms with Crippen molar-refractivity contribution in [3.8, 4) is 5.82 Å². The van der Waals surface area contributed by atoms with Crippen LogP contribution in [-0.4, -0.2) is 36.0 Å². The molecule has 0 spiro atoms. The van der Waals surface area contributed by atoms with Gasteiger partial charge in [0.25, 0.3) is 0 Å². The van der Waals surface area contributed by atoms with Gasteiger partial charge in [-0.3, -0.25) is 0 Å². The molecule has 0 bridgehead atoms. The maximum atomic E-state index is 12.6. The molecule has 0 aliphatic carbocycles. The Morgan fingerprint density at radius 2 is 1.69 bits per heavy atom. The molecule has 0 aliphatic heterocycles. The first-order valence-corrected chi connectivity index (χ1v) is 10.0. The topological polar surface area (TPSA) is 88.9 Å². The number of hydrogen-bond acceptors (Lipinski definition) is 5. The van der Waals surface area contributed by atoms with Crippen LogP contribution < -0.4 is 10.0 Å². The van der Waals surface area contributed by atoms with Crippen LogP contribution in [0.4, 0.5) is 19.0 Å². The smallest absolute Gasteiger partial charge is 0.369 e. The van der Waals surface area contributed by atoms with E-state index in [9.17, 15) is 21.6 Å². The number of benzene rings is 1. The van der Waals surface area contributed by atoms with Crippen molar-refractivity contribution in [3.63, 3.8) is 0 Å². The van der Waals surface area contributed by atoms with Crippen LogP contribution in [-0.2, 0) is 16.2 Å². The summed E-state index contributed by atoms with van der Waals surface area (Å²) >= 11 is 0. The van der Waals surface area contributed by atoms with E-state index < -0.39 is 21.8 Å². The summed E-state index contributed by atoms with van der Waals surface area (Å²) in [5.41, 5.74) is -0.907. The quantitative estimate of drug-likeness (QED) is 0.568. The maximum absolute atomic E-state index is 12.6. The molecule has 2 aromatic heterocycles. The van der Waals surface area contributed by atoms with Crippen LogP contribution >= 0.6 is 0 Å². The minimum absolute atomic E-state index is 0.0191. The molecule has 7 nitrogen and oxygen atoms in total. The van der Waals surface area contributed by atoms with Crippen LogP contribution in [0.15, 0.2) is 59.8 Å². The number of aromatic nitrogens is 3. The lowest BCUT2D eigenvalue weighted by molar-refractivity contribution is -0.137. The molecule has 3 rings (SSSR count). The lowest BCUT2D eigenvalue weighted by Crippen LogP contribution is -2.29. The maximum Gasteiger partial charge on any atom is 0.416 e. The van der Waals surface area contributed by atoms with E-state index >= 15 is 0 Å². The molecule has 2 N–H and O–H groups in total. The molecule has 29 heavy (non-hydrogen) atoms. The van der Waals surface area contributed by atoms with Crippen LogP contribution in [0.2, 0.25) is 0 Å². The summed E-state index contributed by atoms with van der Waals surface area (Å²) in [4.78, 5) is 8.34. The molecule has 0 amide bonds. The van der Waals surface area contributed by atoms with Gasteiger partial charge in [0.1, 0.15) is 17.5 Å². The fraction of sp³-hybridized carbons (Fsp3) is 0.222. The molecule has 0 unspecified atom stereocenters. The highest BCUT2D eigenvalue weighted by Gasteiger charge is 2.30. The second kappa shape index (κ2) is 8.21. The minimum atomic E-state index is -4.52. The first-order valence-electron chi connectivity index (χ1n) is 8.55. The molecule has 0 radical (unpaired) electrons. The summed E-state index contributed by atoms with van der Waals surface area (Å²) in [6.07, 6.45) is -0.845. The summed E-state index contributed by atoms with van der Waals surface area (Å²) in [7, 11) is -3.92. The van der Waals surface area contributed by atoms with Gasteiger partial charge in [-0.2, -0.15) is 13.2 Å². The predicted molar refractivity (Wildman–Crippen MR) is 101 cm³/mol. The third-order valence-electron chi connectivity index (χ3n) is 3.91. The Hall–Kier alpha value is -2.92. The van der Waals surface area contributed by atoms with E-state index in [0.29, 0.717) is 17.5 Å². The third-order valence-corrected chi connectivity index (χ3v) is 5.39. The summed E-state index contributed by atoms with van der Waals surface area (Å²) in [5.74, 6) is 1.73. The number of nitrogens with one attached hydrogen (secondary N) is 2. The predicted octanol–water partition coefficient (Wildman–Crippen LogP) is 2.98. The first kappa shape index (κ1) is 20.8. The lowest BCUT2D eigenvalue weighted by atomic mass is 10.2. The number of aryl methyl sites for hydroxylation is 1. The second-order valence-electron chi connectivity index (χ2n) is 6.10. The van der Waals surface area contributed by atoms with E-state index in [1.807, 2.05) is 29.1 Å². The molecule has 0 saturated heterocycles. The Morgan fingerprint density at radius 1 is 1.03 bits per heavy atom. The van der Waals surface area contributed by atoms with Crippen molar-refractivity contribution >= 4 is 15.8 Å². The normalized spacial score (nSPS) is 12.1. The summed E-state index contributed by atoms with van der Waals surface area (Å²) in [6, 6.07) is 8.77. The van der Waals surface area contributed by atoms with Gasteiger partial charge < -0.3 is 9.88 Å². The molecule has 154 valence electrons. The van der Waals surface area contributed by atoms with Crippen molar-refractivity contribution in [2.75, 3.05) is 18.4 Å². The number of alkyl halides is 3. The van der Waals surface area contributed by atoms with E-state index in [1.54, 1.807) is 13.0 Å². The van der Waals surface area contributed by atoms with Crippen molar-refractivity contribution in [1.29, 1.82) is 0 Å². The Kier molecular flexibility index (Phi) is 5.89. The van der Waals surface area contributed by atoms with Crippen molar-refractivity contribution in [1.82, 2.24) is 19.3 Å². The molecule has 0 fully saturated rings. The Labute approximate surface area is 165 Å². The van der Waals surface area contributed by atoms with Crippen LogP contribution in [0.5, 0.6) is 0 Å². The van der Waals surface area contributed by atoms with Gasteiger partial charge in [-0.15, -0.1) is 0 Å². The summed E-state index contributed by atoms with van der Waals surface area (Å²) in [5, 5.41) is 3.00. The van der Waals surface area contributed by atoms with Crippen LogP contribution in [0.3, 0.4) is 0 Å². The molecule has 3 aromatic rings. The first-order chi connectivity index (χ1) is 13.6. The van der Waals surface area contributed by atoms with Crippen LogP contribution in [0.25, 0.3) is 5.82 Å². The highest BCUT2D eigenvalue weighted by Crippen LogP contribution is 2.29. The zero-order chi connectivity index (χ0) is 21.1. The summed E-state index contributed by atoms with van der Waals surface area (Å²) in [6.45, 7) is 1.98. The number of rotatable bonds is 7. The molecular formula is C18H18F3N5O2S. The molecule has 0 atom stereocenters. The van der Waals surface area contributed by atoms with E-state index in [0.717, 1.165) is 24.3 Å². The van der Waals surface area contributed by atoms with Gasteiger partial charge >= 0.3 is 6.18 Å². The highest BCUT2D eigenvalue weighted by atomic mass is 32.2. The standard InChI is InChI=1S/C18H18F3N5O2S/c1-13-24-16(12-17(25-13)26-10-2-3-11-26)22-8-9-23-29(27,28)15-6-4-14(5-7-15)18(19,20)21/h2-7,10-12,23H,8-9H2,1H3,(H,22,24,25). The number of hydrogen-bond donors (Lipinski definition) is 2. The Balaban J connectivity index is 1.59. The highest BCUT2D eigenvalue weighted by molar-refractivity contribution is 7.89. The SMILES string of the molecule is Cc1nc(NCCNS(=O)(=O)c2ccc(C(F)(F)F)cc2)cc(-n2cccc2)n1. The van der Waals surface area contributed by atoms with E-state index in [-0.39, 0.29) is 18.0 Å². The van der Waals surface area contributed by atoms with Crippen molar-refractivity contribution in [3.05, 3.63) is 66.2 Å². The van der Waals surface area contributed by atoms with Crippen molar-refractivity contribution < 1.29 is 21.6 Å².